The Bertz CT molecular complexity index is 3850. The number of furan rings is 1. The zero-order valence-electron chi connectivity index (χ0n) is 36.4. The number of nitrogens with zero attached hydrogens (tertiary/aromatic N) is 5. The maximum Gasteiger partial charge on any atom is 0.238 e. The molecule has 0 unspecified atom stereocenters. The summed E-state index contributed by atoms with van der Waals surface area (Å²) in [6.07, 6.45) is 0. The number of hydrogen-bond donors (Lipinski definition) is 0. The van der Waals surface area contributed by atoms with Gasteiger partial charge in [-0.05, 0) is 94.0 Å². The van der Waals surface area contributed by atoms with Crippen LogP contribution in [0, 0.1) is 0 Å². The third-order valence-corrected chi connectivity index (χ3v) is 13.5. The van der Waals surface area contributed by atoms with E-state index in [1.807, 2.05) is 24.3 Å². The first-order valence-electron chi connectivity index (χ1n) is 22.4. The van der Waals surface area contributed by atoms with Gasteiger partial charge in [-0.3, -0.25) is 4.90 Å². The second-order valence-electron chi connectivity index (χ2n) is 17.6. The molecule has 12 aromatic rings. The summed E-state index contributed by atoms with van der Waals surface area (Å²) < 4.78 is 8.79. The molecule has 3 aromatic heterocycles. The van der Waals surface area contributed by atoms with Crippen molar-refractivity contribution in [2.24, 2.45) is 0 Å². The van der Waals surface area contributed by atoms with Crippen LogP contribution in [0.3, 0.4) is 0 Å². The normalized spacial score (nSPS) is 12.8. The fraction of sp³-hybridized carbons (Fsp3) is 0.0500. The molecule has 0 saturated carbocycles. The van der Waals surface area contributed by atoms with Crippen LogP contribution < -0.4 is 4.90 Å². The van der Waals surface area contributed by atoms with Crippen LogP contribution in [0.1, 0.15) is 25.0 Å². The summed E-state index contributed by atoms with van der Waals surface area (Å²) in [5.41, 5.74) is 15.6. The van der Waals surface area contributed by atoms with Crippen LogP contribution in [0.15, 0.2) is 217 Å². The van der Waals surface area contributed by atoms with Crippen LogP contribution in [0.2, 0.25) is 0 Å². The van der Waals surface area contributed by atoms with Crippen LogP contribution >= 0.6 is 0 Å². The van der Waals surface area contributed by atoms with E-state index >= 15 is 0 Å². The third kappa shape index (κ3) is 5.85. The molecular formula is C60H41N5O. The first-order chi connectivity index (χ1) is 32.5. The molecule has 0 bridgehead atoms. The number of para-hydroxylation sites is 3. The van der Waals surface area contributed by atoms with Gasteiger partial charge in [0, 0.05) is 55.1 Å². The number of aromatic nitrogens is 4. The fourth-order valence-corrected chi connectivity index (χ4v) is 10.4. The summed E-state index contributed by atoms with van der Waals surface area (Å²) in [6.45, 7) is 4.62. The Morgan fingerprint density at radius 1 is 0.439 bits per heavy atom. The van der Waals surface area contributed by atoms with Gasteiger partial charge in [0.1, 0.15) is 11.2 Å². The van der Waals surface area contributed by atoms with Gasteiger partial charge in [-0.15, -0.1) is 0 Å². The third-order valence-electron chi connectivity index (χ3n) is 13.5. The Morgan fingerprint density at radius 2 is 1.03 bits per heavy atom. The highest BCUT2D eigenvalue weighted by atomic mass is 16.3. The first-order valence-corrected chi connectivity index (χ1v) is 22.4. The van der Waals surface area contributed by atoms with Gasteiger partial charge in [-0.1, -0.05) is 166 Å². The number of anilines is 3. The standard InChI is InChI=1S/C60H41N5O/c1-60(2)49-26-12-9-22-44(49)55-46(24-15-27-50(55)60)57-61-58(47-25-16-30-54-56(47)45-23-11-14-29-53(45)66-54)63-59(62-57)64(41-33-31-39(32-34-41)38-17-5-3-6-18-38)42-35-36-52-48(37-42)43-21-10-13-28-51(43)65(52)40-19-7-4-8-20-40/h3-37H,1-2H3. The molecule has 9 aromatic carbocycles. The Kier molecular flexibility index (Phi) is 8.46. The summed E-state index contributed by atoms with van der Waals surface area (Å²) in [4.78, 5) is 18.7. The van der Waals surface area contributed by atoms with Crippen molar-refractivity contribution >= 4 is 61.1 Å². The van der Waals surface area contributed by atoms with E-state index in [2.05, 4.69) is 211 Å². The molecule has 0 atom stereocenters. The van der Waals surface area contributed by atoms with E-state index in [0.29, 0.717) is 17.6 Å². The molecule has 0 amide bonds. The van der Waals surface area contributed by atoms with Gasteiger partial charge in [0.05, 0.1) is 11.0 Å². The lowest BCUT2D eigenvalue weighted by molar-refractivity contribution is 0.660. The van der Waals surface area contributed by atoms with Crippen LogP contribution in [-0.2, 0) is 5.41 Å². The second kappa shape index (κ2) is 14.7. The molecule has 13 rings (SSSR count). The van der Waals surface area contributed by atoms with Crippen molar-refractivity contribution in [2.75, 3.05) is 4.90 Å². The van der Waals surface area contributed by atoms with Crippen molar-refractivity contribution in [3.63, 3.8) is 0 Å². The van der Waals surface area contributed by atoms with Crippen LogP contribution in [0.4, 0.5) is 17.3 Å². The predicted molar refractivity (Wildman–Crippen MR) is 270 cm³/mol. The average molecular weight is 848 g/mol. The summed E-state index contributed by atoms with van der Waals surface area (Å²) in [7, 11) is 0. The zero-order chi connectivity index (χ0) is 43.9. The molecule has 0 spiro atoms. The zero-order valence-corrected chi connectivity index (χ0v) is 36.4. The van der Waals surface area contributed by atoms with Gasteiger partial charge in [0.15, 0.2) is 11.6 Å². The fourth-order valence-electron chi connectivity index (χ4n) is 10.4. The second-order valence-corrected chi connectivity index (χ2v) is 17.6. The monoisotopic (exact) mass is 847 g/mol. The largest absolute Gasteiger partial charge is 0.456 e. The molecule has 0 radical (unpaired) electrons. The molecule has 0 saturated heterocycles. The van der Waals surface area contributed by atoms with Gasteiger partial charge in [-0.25, -0.2) is 4.98 Å². The summed E-state index contributed by atoms with van der Waals surface area (Å²) >= 11 is 0. The first kappa shape index (κ1) is 37.9. The van der Waals surface area contributed by atoms with E-state index in [4.69, 9.17) is 19.4 Å². The highest BCUT2D eigenvalue weighted by molar-refractivity contribution is 6.12. The minimum atomic E-state index is -0.206. The van der Waals surface area contributed by atoms with E-state index in [1.54, 1.807) is 0 Å². The number of hydrogen-bond acceptors (Lipinski definition) is 5. The number of rotatable bonds is 7. The molecule has 312 valence electrons. The maximum atomic E-state index is 6.44. The van der Waals surface area contributed by atoms with E-state index < -0.39 is 0 Å². The predicted octanol–water partition coefficient (Wildman–Crippen LogP) is 15.6. The van der Waals surface area contributed by atoms with Crippen molar-refractivity contribution in [1.29, 1.82) is 0 Å². The molecule has 66 heavy (non-hydrogen) atoms. The minimum Gasteiger partial charge on any atom is -0.456 e. The van der Waals surface area contributed by atoms with Gasteiger partial charge >= 0.3 is 0 Å². The van der Waals surface area contributed by atoms with Crippen molar-refractivity contribution in [3.8, 4) is 50.7 Å². The van der Waals surface area contributed by atoms with Crippen LogP contribution in [-0.4, -0.2) is 19.5 Å². The smallest absolute Gasteiger partial charge is 0.238 e. The van der Waals surface area contributed by atoms with E-state index in [1.165, 1.54) is 16.7 Å². The maximum absolute atomic E-state index is 6.44. The molecule has 0 N–H and O–H groups in total. The van der Waals surface area contributed by atoms with Crippen molar-refractivity contribution in [2.45, 2.75) is 19.3 Å². The molecule has 0 aliphatic heterocycles. The van der Waals surface area contributed by atoms with Crippen LogP contribution in [0.25, 0.3) is 94.5 Å². The van der Waals surface area contributed by atoms with Gasteiger partial charge in [-0.2, -0.15) is 9.97 Å². The van der Waals surface area contributed by atoms with E-state index in [9.17, 15) is 0 Å². The lowest BCUT2D eigenvalue weighted by atomic mass is 9.82. The molecule has 6 heteroatoms. The average Bonchev–Trinajstić information content (AvgIpc) is 4.00. The topological polar surface area (TPSA) is 60.0 Å². The highest BCUT2D eigenvalue weighted by Crippen LogP contribution is 2.52. The van der Waals surface area contributed by atoms with Crippen molar-refractivity contribution < 1.29 is 4.42 Å². The Hall–Kier alpha value is -8.61. The Labute approximate surface area is 381 Å². The van der Waals surface area contributed by atoms with E-state index in [0.717, 1.165) is 88.6 Å². The van der Waals surface area contributed by atoms with Crippen molar-refractivity contribution in [3.05, 3.63) is 223 Å². The van der Waals surface area contributed by atoms with Crippen molar-refractivity contribution in [1.82, 2.24) is 19.5 Å². The SMILES string of the molecule is CC1(C)c2ccccc2-c2c(-c3nc(-c4cccc5oc6ccccc6c45)nc(N(c4ccc(-c5ccccc5)cc4)c4ccc5c(c4)c4ccccc4n5-c4ccccc4)n3)cccc21. The Balaban J connectivity index is 1.10. The minimum absolute atomic E-state index is 0.206. The van der Waals surface area contributed by atoms with Gasteiger partial charge in [0.2, 0.25) is 5.95 Å². The molecule has 6 nitrogen and oxygen atoms in total. The summed E-state index contributed by atoms with van der Waals surface area (Å²) in [6, 6.07) is 74.8. The van der Waals surface area contributed by atoms with Gasteiger partial charge < -0.3 is 8.98 Å². The van der Waals surface area contributed by atoms with E-state index in [-0.39, 0.29) is 5.41 Å². The summed E-state index contributed by atoms with van der Waals surface area (Å²) in [5, 5.41) is 4.27. The molecule has 1 aliphatic carbocycles. The summed E-state index contributed by atoms with van der Waals surface area (Å²) in [5.74, 6) is 1.65. The molecule has 3 heterocycles. The lowest BCUT2D eigenvalue weighted by Gasteiger charge is -2.25. The number of fused-ring (bicyclic) bond motifs is 9. The molecule has 0 fully saturated rings. The molecule has 1 aliphatic rings. The quantitative estimate of drug-likeness (QED) is 0.160. The Morgan fingerprint density at radius 3 is 1.86 bits per heavy atom. The lowest BCUT2D eigenvalue weighted by Crippen LogP contribution is -2.16. The van der Waals surface area contributed by atoms with Crippen LogP contribution in [0.5, 0.6) is 0 Å². The molecular weight excluding hydrogens is 807 g/mol. The highest BCUT2D eigenvalue weighted by Gasteiger charge is 2.37. The van der Waals surface area contributed by atoms with Gasteiger partial charge in [0.25, 0.3) is 0 Å². The number of benzene rings is 9.